The van der Waals surface area contributed by atoms with Gasteiger partial charge >= 0.3 is 0 Å². The number of imidazole rings is 1. The Labute approximate surface area is 93.5 Å². The van der Waals surface area contributed by atoms with Gasteiger partial charge in [-0.3, -0.25) is 15.8 Å². The van der Waals surface area contributed by atoms with Gasteiger partial charge in [0, 0.05) is 31.3 Å². The lowest BCUT2D eigenvalue weighted by Gasteiger charge is -2.15. The van der Waals surface area contributed by atoms with E-state index in [4.69, 9.17) is 5.84 Å². The van der Waals surface area contributed by atoms with Crippen molar-refractivity contribution in [2.24, 2.45) is 5.84 Å². The van der Waals surface area contributed by atoms with Crippen molar-refractivity contribution >= 4 is 0 Å². The van der Waals surface area contributed by atoms with Crippen LogP contribution in [-0.2, 0) is 6.54 Å². The average molecular weight is 218 g/mol. The molecule has 0 radical (unpaired) electrons. The highest BCUT2D eigenvalue weighted by Gasteiger charge is 2.18. The first-order valence-electron chi connectivity index (χ1n) is 5.10. The summed E-state index contributed by atoms with van der Waals surface area (Å²) in [4.78, 5) is 12.5. The molecule has 2 heterocycles. The minimum atomic E-state index is -0.233. The number of rotatable bonds is 4. The fourth-order valence-corrected chi connectivity index (χ4v) is 1.60. The van der Waals surface area contributed by atoms with Crippen LogP contribution in [0.15, 0.2) is 31.0 Å². The Balaban J connectivity index is 2.37. The zero-order chi connectivity index (χ0) is 11.4. The van der Waals surface area contributed by atoms with Crippen molar-refractivity contribution in [2.45, 2.75) is 19.5 Å². The van der Waals surface area contributed by atoms with Crippen molar-refractivity contribution in [1.29, 1.82) is 0 Å². The van der Waals surface area contributed by atoms with Gasteiger partial charge in [0.05, 0.1) is 11.9 Å². The molecule has 0 aliphatic carbocycles. The lowest BCUT2D eigenvalue weighted by atomic mass is 10.2. The number of hydrazine groups is 1. The minimum Gasteiger partial charge on any atom is -0.334 e. The summed E-state index contributed by atoms with van der Waals surface area (Å²) in [5.41, 5.74) is 3.47. The van der Waals surface area contributed by atoms with Crippen LogP contribution in [0.3, 0.4) is 0 Å². The summed E-state index contributed by atoms with van der Waals surface area (Å²) in [5.74, 6) is 6.39. The van der Waals surface area contributed by atoms with Crippen molar-refractivity contribution in [3.8, 4) is 0 Å². The second kappa shape index (κ2) is 4.82. The fraction of sp³-hybridized carbons (Fsp3) is 0.300. The van der Waals surface area contributed by atoms with Gasteiger partial charge in [-0.25, -0.2) is 10.4 Å². The lowest BCUT2D eigenvalue weighted by molar-refractivity contribution is 0.548. The van der Waals surface area contributed by atoms with Crippen LogP contribution in [-0.4, -0.2) is 19.5 Å². The molecule has 0 amide bonds. The van der Waals surface area contributed by atoms with Crippen molar-refractivity contribution < 1.29 is 0 Å². The third-order valence-corrected chi connectivity index (χ3v) is 2.39. The highest BCUT2D eigenvalue weighted by molar-refractivity contribution is 5.14. The second-order valence-electron chi connectivity index (χ2n) is 3.30. The van der Waals surface area contributed by atoms with E-state index in [1.165, 1.54) is 0 Å². The summed E-state index contributed by atoms with van der Waals surface area (Å²) in [5, 5.41) is 0. The van der Waals surface area contributed by atoms with Crippen LogP contribution in [0, 0.1) is 0 Å². The molecule has 1 unspecified atom stereocenters. The maximum atomic E-state index is 5.55. The molecule has 0 fully saturated rings. The van der Waals surface area contributed by atoms with E-state index in [-0.39, 0.29) is 6.04 Å². The summed E-state index contributed by atoms with van der Waals surface area (Å²) >= 11 is 0. The molecule has 0 bridgehead atoms. The number of aryl methyl sites for hydroxylation is 1. The van der Waals surface area contributed by atoms with Gasteiger partial charge < -0.3 is 4.57 Å². The van der Waals surface area contributed by atoms with E-state index >= 15 is 0 Å². The maximum Gasteiger partial charge on any atom is 0.133 e. The van der Waals surface area contributed by atoms with E-state index < -0.39 is 0 Å². The predicted octanol–water partition coefficient (Wildman–Crippen LogP) is 0.246. The summed E-state index contributed by atoms with van der Waals surface area (Å²) in [7, 11) is 0. The molecule has 0 aliphatic heterocycles. The van der Waals surface area contributed by atoms with Gasteiger partial charge in [-0.05, 0) is 6.92 Å². The van der Waals surface area contributed by atoms with Gasteiger partial charge in [-0.15, -0.1) is 0 Å². The van der Waals surface area contributed by atoms with Gasteiger partial charge in [0.2, 0.25) is 0 Å². The minimum absolute atomic E-state index is 0.233. The summed E-state index contributed by atoms with van der Waals surface area (Å²) < 4.78 is 2.01. The van der Waals surface area contributed by atoms with Gasteiger partial charge in [0.15, 0.2) is 0 Å². The Morgan fingerprint density at radius 1 is 1.38 bits per heavy atom. The monoisotopic (exact) mass is 218 g/mol. The summed E-state index contributed by atoms with van der Waals surface area (Å²) in [6, 6.07) is -0.233. The molecule has 2 rings (SSSR count). The predicted molar refractivity (Wildman–Crippen MR) is 59.1 cm³/mol. The Bertz CT molecular complexity index is 438. The van der Waals surface area contributed by atoms with Crippen molar-refractivity contribution in [1.82, 2.24) is 24.9 Å². The van der Waals surface area contributed by atoms with Gasteiger partial charge in [-0.1, -0.05) is 0 Å². The van der Waals surface area contributed by atoms with Crippen LogP contribution < -0.4 is 11.3 Å². The fourth-order valence-electron chi connectivity index (χ4n) is 1.60. The average Bonchev–Trinajstić information content (AvgIpc) is 2.80. The van der Waals surface area contributed by atoms with Crippen LogP contribution in [0.5, 0.6) is 0 Å². The molecular weight excluding hydrogens is 204 g/mol. The maximum absolute atomic E-state index is 5.55. The first-order valence-corrected chi connectivity index (χ1v) is 5.10. The van der Waals surface area contributed by atoms with Gasteiger partial charge in [0.25, 0.3) is 0 Å². The Morgan fingerprint density at radius 3 is 2.88 bits per heavy atom. The van der Waals surface area contributed by atoms with E-state index in [0.29, 0.717) is 0 Å². The molecule has 2 aromatic rings. The normalized spacial score (nSPS) is 12.6. The molecule has 2 aromatic heterocycles. The topological polar surface area (TPSA) is 81.7 Å². The summed E-state index contributed by atoms with van der Waals surface area (Å²) in [6.45, 7) is 2.89. The van der Waals surface area contributed by atoms with Crippen LogP contribution in [0.4, 0.5) is 0 Å². The number of nitrogens with two attached hydrogens (primary N) is 1. The molecule has 1 atom stereocenters. The molecule has 16 heavy (non-hydrogen) atoms. The molecule has 0 saturated carbocycles. The Hall–Kier alpha value is -1.79. The molecular formula is C10H14N6. The van der Waals surface area contributed by atoms with Crippen molar-refractivity contribution in [2.75, 3.05) is 0 Å². The molecule has 0 saturated heterocycles. The van der Waals surface area contributed by atoms with Crippen molar-refractivity contribution in [3.63, 3.8) is 0 Å². The quantitative estimate of drug-likeness (QED) is 0.567. The van der Waals surface area contributed by atoms with Gasteiger partial charge in [-0.2, -0.15) is 0 Å². The largest absolute Gasteiger partial charge is 0.334 e. The van der Waals surface area contributed by atoms with E-state index in [2.05, 4.69) is 27.3 Å². The Morgan fingerprint density at radius 2 is 2.25 bits per heavy atom. The SMILES string of the molecule is CCn1ccnc1C(NN)c1cnccn1. The van der Waals surface area contributed by atoms with E-state index in [0.717, 1.165) is 18.1 Å². The van der Waals surface area contributed by atoms with Crippen LogP contribution in [0.1, 0.15) is 24.5 Å². The third kappa shape index (κ3) is 1.93. The summed E-state index contributed by atoms with van der Waals surface area (Å²) in [6.07, 6.45) is 8.61. The lowest BCUT2D eigenvalue weighted by Crippen LogP contribution is -2.31. The first-order chi connectivity index (χ1) is 7.86. The standard InChI is InChI=1S/C10H14N6/c1-2-16-6-5-14-10(16)9(15-11)8-7-12-3-4-13-8/h3-7,9,15H,2,11H2,1H3. The second-order valence-corrected chi connectivity index (χ2v) is 3.30. The molecule has 6 heteroatoms. The van der Waals surface area contributed by atoms with E-state index in [1.54, 1.807) is 24.8 Å². The smallest absolute Gasteiger partial charge is 0.133 e. The van der Waals surface area contributed by atoms with Crippen LogP contribution in [0.2, 0.25) is 0 Å². The molecule has 0 spiro atoms. The number of hydrogen-bond acceptors (Lipinski definition) is 5. The number of nitrogens with zero attached hydrogens (tertiary/aromatic N) is 4. The highest BCUT2D eigenvalue weighted by atomic mass is 15.3. The van der Waals surface area contributed by atoms with Crippen molar-refractivity contribution in [3.05, 3.63) is 42.5 Å². The van der Waals surface area contributed by atoms with Crippen LogP contribution in [0.25, 0.3) is 0 Å². The molecule has 3 N–H and O–H groups in total. The molecule has 0 aliphatic rings. The molecule has 6 nitrogen and oxygen atoms in total. The van der Waals surface area contributed by atoms with E-state index in [9.17, 15) is 0 Å². The highest BCUT2D eigenvalue weighted by Crippen LogP contribution is 2.16. The Kier molecular flexibility index (Phi) is 3.23. The molecule has 84 valence electrons. The number of aromatic nitrogens is 4. The zero-order valence-corrected chi connectivity index (χ0v) is 9.04. The van der Waals surface area contributed by atoms with E-state index in [1.807, 2.05) is 10.8 Å². The van der Waals surface area contributed by atoms with Crippen LogP contribution >= 0.6 is 0 Å². The van der Waals surface area contributed by atoms with Gasteiger partial charge in [0.1, 0.15) is 11.9 Å². The first kappa shape index (κ1) is 10.7. The number of nitrogens with one attached hydrogen (secondary N) is 1. The zero-order valence-electron chi connectivity index (χ0n) is 9.04. The molecule has 0 aromatic carbocycles. The third-order valence-electron chi connectivity index (χ3n) is 2.39. The number of hydrogen-bond donors (Lipinski definition) is 2.